The van der Waals surface area contributed by atoms with E-state index in [2.05, 4.69) is 5.10 Å². The van der Waals surface area contributed by atoms with Gasteiger partial charge in [-0.3, -0.25) is 0 Å². The number of ether oxygens (including phenoxy) is 1. The summed E-state index contributed by atoms with van der Waals surface area (Å²) in [4.78, 5) is 11.0. The predicted octanol–water partition coefficient (Wildman–Crippen LogP) is 1.90. The molecule has 1 aromatic rings. The molecule has 0 amide bonds. The van der Waals surface area contributed by atoms with Crippen LogP contribution in [-0.4, -0.2) is 27.5 Å². The van der Waals surface area contributed by atoms with Crippen LogP contribution in [0, 0.1) is 13.8 Å². The fourth-order valence-electron chi connectivity index (χ4n) is 2.17. The SMILES string of the molecule is Cc1nn([C@@H]2CCCCO2)c(C)c1C(=O)O. The Morgan fingerprint density at radius 3 is 2.75 bits per heavy atom. The van der Waals surface area contributed by atoms with Gasteiger partial charge in [0.1, 0.15) is 11.8 Å². The number of carbonyl (C=O) groups is 1. The molecule has 0 bridgehead atoms. The molecule has 0 saturated carbocycles. The number of carboxylic acids is 1. The van der Waals surface area contributed by atoms with Gasteiger partial charge in [0.15, 0.2) is 0 Å². The average Bonchev–Trinajstić information content (AvgIpc) is 2.55. The second-order valence-electron chi connectivity index (χ2n) is 4.12. The Morgan fingerprint density at radius 2 is 2.25 bits per heavy atom. The highest BCUT2D eigenvalue weighted by molar-refractivity contribution is 5.90. The second-order valence-corrected chi connectivity index (χ2v) is 4.12. The minimum absolute atomic E-state index is 0.0967. The molecule has 0 unspecified atom stereocenters. The van der Waals surface area contributed by atoms with E-state index in [0.29, 0.717) is 17.0 Å². The van der Waals surface area contributed by atoms with E-state index < -0.39 is 5.97 Å². The monoisotopic (exact) mass is 224 g/mol. The maximum absolute atomic E-state index is 11.0. The van der Waals surface area contributed by atoms with E-state index in [-0.39, 0.29) is 6.23 Å². The van der Waals surface area contributed by atoms with Gasteiger partial charge in [0.2, 0.25) is 0 Å². The largest absolute Gasteiger partial charge is 0.478 e. The Hall–Kier alpha value is -1.36. The lowest BCUT2D eigenvalue weighted by Gasteiger charge is -2.23. The molecule has 1 aromatic heterocycles. The molecule has 2 heterocycles. The van der Waals surface area contributed by atoms with Crippen molar-refractivity contribution in [3.05, 3.63) is 17.0 Å². The molecule has 5 nitrogen and oxygen atoms in total. The first-order valence-electron chi connectivity index (χ1n) is 5.52. The highest BCUT2D eigenvalue weighted by Gasteiger charge is 2.24. The van der Waals surface area contributed by atoms with E-state index >= 15 is 0 Å². The number of aromatic nitrogens is 2. The molecule has 1 N–H and O–H groups in total. The summed E-state index contributed by atoms with van der Waals surface area (Å²) in [5.74, 6) is -0.919. The predicted molar refractivity (Wildman–Crippen MR) is 57.5 cm³/mol. The quantitative estimate of drug-likeness (QED) is 0.833. The molecule has 1 aliphatic rings. The van der Waals surface area contributed by atoms with Gasteiger partial charge < -0.3 is 9.84 Å². The van der Waals surface area contributed by atoms with E-state index in [1.54, 1.807) is 18.5 Å². The lowest BCUT2D eigenvalue weighted by atomic mass is 10.1. The summed E-state index contributed by atoms with van der Waals surface area (Å²) in [7, 11) is 0. The van der Waals surface area contributed by atoms with Gasteiger partial charge in [-0.15, -0.1) is 0 Å². The zero-order chi connectivity index (χ0) is 11.7. The van der Waals surface area contributed by atoms with E-state index in [1.165, 1.54) is 0 Å². The van der Waals surface area contributed by atoms with Gasteiger partial charge in [0.25, 0.3) is 0 Å². The topological polar surface area (TPSA) is 64.4 Å². The lowest BCUT2D eigenvalue weighted by Crippen LogP contribution is -2.20. The maximum atomic E-state index is 11.0. The molecule has 2 rings (SSSR count). The van der Waals surface area contributed by atoms with Crippen molar-refractivity contribution in [1.29, 1.82) is 0 Å². The summed E-state index contributed by atoms with van der Waals surface area (Å²) in [5.41, 5.74) is 1.53. The highest BCUT2D eigenvalue weighted by atomic mass is 16.5. The molecule has 0 spiro atoms. The van der Waals surface area contributed by atoms with Gasteiger partial charge in [-0.2, -0.15) is 5.10 Å². The zero-order valence-corrected chi connectivity index (χ0v) is 9.56. The number of rotatable bonds is 2. The van der Waals surface area contributed by atoms with Crippen LogP contribution in [0.3, 0.4) is 0 Å². The van der Waals surface area contributed by atoms with Crippen LogP contribution in [0.25, 0.3) is 0 Å². The van der Waals surface area contributed by atoms with Gasteiger partial charge in [-0.25, -0.2) is 9.48 Å². The fourth-order valence-corrected chi connectivity index (χ4v) is 2.17. The smallest absolute Gasteiger partial charge is 0.339 e. The first-order chi connectivity index (χ1) is 7.61. The van der Waals surface area contributed by atoms with Crippen LogP contribution in [0.2, 0.25) is 0 Å². The number of carboxylic acid groups (broad SMARTS) is 1. The van der Waals surface area contributed by atoms with Crippen molar-refractivity contribution in [3.8, 4) is 0 Å². The van der Waals surface area contributed by atoms with Crippen LogP contribution in [0.5, 0.6) is 0 Å². The number of hydrogen-bond acceptors (Lipinski definition) is 3. The van der Waals surface area contributed by atoms with Gasteiger partial charge in [0, 0.05) is 6.61 Å². The summed E-state index contributed by atoms with van der Waals surface area (Å²) in [5, 5.41) is 13.3. The molecular formula is C11H16N2O3. The third-order valence-corrected chi connectivity index (χ3v) is 2.97. The fraction of sp³-hybridized carbons (Fsp3) is 0.636. The number of nitrogens with zero attached hydrogens (tertiary/aromatic N) is 2. The van der Waals surface area contributed by atoms with Crippen LogP contribution >= 0.6 is 0 Å². The van der Waals surface area contributed by atoms with Crippen LogP contribution in [0.1, 0.15) is 47.2 Å². The molecule has 0 aromatic carbocycles. The molecule has 1 aliphatic heterocycles. The third-order valence-electron chi connectivity index (χ3n) is 2.97. The van der Waals surface area contributed by atoms with Crippen molar-refractivity contribution in [2.75, 3.05) is 6.61 Å². The first-order valence-corrected chi connectivity index (χ1v) is 5.52. The molecule has 1 atom stereocenters. The van der Waals surface area contributed by atoms with Crippen molar-refractivity contribution < 1.29 is 14.6 Å². The minimum Gasteiger partial charge on any atom is -0.478 e. The maximum Gasteiger partial charge on any atom is 0.339 e. The lowest BCUT2D eigenvalue weighted by molar-refractivity contribution is -0.0408. The van der Waals surface area contributed by atoms with Crippen LogP contribution in [-0.2, 0) is 4.74 Å². The van der Waals surface area contributed by atoms with Crippen LogP contribution < -0.4 is 0 Å². The summed E-state index contributed by atoms with van der Waals surface area (Å²) >= 11 is 0. The van der Waals surface area contributed by atoms with Crippen LogP contribution in [0.4, 0.5) is 0 Å². The molecule has 5 heteroatoms. The van der Waals surface area contributed by atoms with Gasteiger partial charge in [-0.05, 0) is 33.1 Å². The zero-order valence-electron chi connectivity index (χ0n) is 9.56. The minimum atomic E-state index is -0.919. The van der Waals surface area contributed by atoms with Gasteiger partial charge in [0.05, 0.1) is 11.4 Å². The van der Waals surface area contributed by atoms with E-state index in [9.17, 15) is 4.79 Å². The van der Waals surface area contributed by atoms with E-state index in [4.69, 9.17) is 9.84 Å². The molecule has 1 fully saturated rings. The molecule has 1 saturated heterocycles. The standard InChI is InChI=1S/C11H16N2O3/c1-7-10(11(14)15)8(2)13(12-7)9-5-3-4-6-16-9/h9H,3-6H2,1-2H3,(H,14,15)/t9-/m0/s1. The molecule has 0 aliphatic carbocycles. The van der Waals surface area contributed by atoms with E-state index in [0.717, 1.165) is 25.9 Å². The Balaban J connectivity index is 2.34. The molecule has 0 radical (unpaired) electrons. The van der Waals surface area contributed by atoms with Crippen molar-refractivity contribution in [2.45, 2.75) is 39.3 Å². The Bertz CT molecular complexity index is 406. The molecular weight excluding hydrogens is 208 g/mol. The number of hydrogen-bond donors (Lipinski definition) is 1. The van der Waals surface area contributed by atoms with Gasteiger partial charge >= 0.3 is 5.97 Å². The normalized spacial score (nSPS) is 21.0. The summed E-state index contributed by atoms with van der Waals surface area (Å²) in [6.07, 6.45) is 2.98. The summed E-state index contributed by atoms with van der Waals surface area (Å²) in [6, 6.07) is 0. The molecule has 16 heavy (non-hydrogen) atoms. The third kappa shape index (κ3) is 1.82. The highest BCUT2D eigenvalue weighted by Crippen LogP contribution is 2.25. The van der Waals surface area contributed by atoms with Crippen molar-refractivity contribution >= 4 is 5.97 Å². The van der Waals surface area contributed by atoms with Crippen molar-refractivity contribution in [2.24, 2.45) is 0 Å². The van der Waals surface area contributed by atoms with E-state index in [1.807, 2.05) is 0 Å². The number of aryl methyl sites for hydroxylation is 1. The van der Waals surface area contributed by atoms with Crippen molar-refractivity contribution in [3.63, 3.8) is 0 Å². The summed E-state index contributed by atoms with van der Waals surface area (Å²) < 4.78 is 7.31. The Labute approximate surface area is 94.0 Å². The van der Waals surface area contributed by atoms with Crippen molar-refractivity contribution in [1.82, 2.24) is 9.78 Å². The Kier molecular flexibility index (Phi) is 2.96. The Morgan fingerprint density at radius 1 is 1.50 bits per heavy atom. The second kappa shape index (κ2) is 4.25. The number of aromatic carboxylic acids is 1. The molecule has 88 valence electrons. The summed E-state index contributed by atoms with van der Waals surface area (Å²) in [6.45, 7) is 4.22. The van der Waals surface area contributed by atoms with Gasteiger partial charge in [-0.1, -0.05) is 0 Å². The average molecular weight is 224 g/mol. The van der Waals surface area contributed by atoms with Crippen LogP contribution in [0.15, 0.2) is 0 Å². The first kappa shape index (κ1) is 11.1.